The maximum atomic E-state index is 11.5. The molecule has 1 aromatic carbocycles. The molecule has 0 amide bonds. The van der Waals surface area contributed by atoms with E-state index >= 15 is 0 Å². The van der Waals surface area contributed by atoms with Crippen molar-refractivity contribution in [1.29, 1.82) is 0 Å². The van der Waals surface area contributed by atoms with Gasteiger partial charge in [-0.05, 0) is 46.7 Å². The Bertz CT molecular complexity index is 539. The molecule has 1 aromatic rings. The maximum absolute atomic E-state index is 11.5. The van der Waals surface area contributed by atoms with Crippen molar-refractivity contribution in [3.8, 4) is 0 Å². The fraction of sp³-hybridized carbons (Fsp3) is 0.200. The zero-order valence-electron chi connectivity index (χ0n) is 8.98. The molecule has 0 saturated heterocycles. The van der Waals surface area contributed by atoms with Gasteiger partial charge in [0.2, 0.25) is 10.0 Å². The van der Waals surface area contributed by atoms with Crippen molar-refractivity contribution in [3.63, 3.8) is 0 Å². The zero-order chi connectivity index (χ0) is 12.5. The Kier molecular flexibility index (Phi) is 3.53. The number of hydrogen-bond donors (Lipinski definition) is 2. The molecule has 1 aliphatic rings. The van der Waals surface area contributed by atoms with Gasteiger partial charge in [-0.2, -0.15) is 0 Å². The molecule has 7 heteroatoms. The van der Waals surface area contributed by atoms with Crippen LogP contribution in [-0.4, -0.2) is 15.5 Å². The molecule has 1 heterocycles. The predicted molar refractivity (Wildman–Crippen MR) is 66.7 cm³/mol. The summed E-state index contributed by atoms with van der Waals surface area (Å²) >= 11 is 3.25. The quantitative estimate of drug-likeness (QED) is 0.827. The van der Waals surface area contributed by atoms with Gasteiger partial charge in [-0.3, -0.25) is 10.3 Å². The highest BCUT2D eigenvalue weighted by molar-refractivity contribution is 9.11. The van der Waals surface area contributed by atoms with Crippen LogP contribution in [0.2, 0.25) is 0 Å². The summed E-state index contributed by atoms with van der Waals surface area (Å²) in [5.74, 6) is 0. The van der Waals surface area contributed by atoms with E-state index < -0.39 is 10.0 Å². The van der Waals surface area contributed by atoms with Crippen LogP contribution in [0.4, 0.5) is 0 Å². The lowest BCUT2D eigenvalue weighted by Gasteiger charge is -2.08. The number of nitrogens with one attached hydrogen (secondary N) is 2. The van der Waals surface area contributed by atoms with Gasteiger partial charge in [-0.25, -0.2) is 13.1 Å². The largest absolute Gasteiger partial charge is 0.263 e. The van der Waals surface area contributed by atoms with Gasteiger partial charge in [-0.15, -0.1) is 0 Å². The molecule has 0 aromatic heterocycles. The first-order chi connectivity index (χ1) is 8.03. The minimum atomic E-state index is -3.38. The van der Waals surface area contributed by atoms with Crippen molar-refractivity contribution in [2.75, 3.05) is 7.05 Å². The molecule has 0 spiro atoms. The average molecular weight is 319 g/mol. The van der Waals surface area contributed by atoms with Crippen LogP contribution in [0.15, 0.2) is 39.8 Å². The van der Waals surface area contributed by atoms with Crippen molar-refractivity contribution in [1.82, 2.24) is 10.2 Å². The summed E-state index contributed by atoms with van der Waals surface area (Å²) in [4.78, 5) is 5.48. The molecule has 5 nitrogen and oxygen atoms in total. The van der Waals surface area contributed by atoms with Crippen molar-refractivity contribution in [2.45, 2.75) is 11.0 Å². The standard InChI is InChI=1S/C10H11BrN2O3S/c1-12-17(14,15)8-4-2-7(3-5-8)9-6-10(11)13-16-9/h2-6,9,12-13H,1H3/t9-/m1/s1. The first-order valence-corrected chi connectivity index (χ1v) is 7.13. The van der Waals surface area contributed by atoms with Gasteiger partial charge >= 0.3 is 0 Å². The lowest BCUT2D eigenvalue weighted by atomic mass is 10.1. The van der Waals surface area contributed by atoms with Gasteiger partial charge < -0.3 is 0 Å². The second-order valence-electron chi connectivity index (χ2n) is 3.43. The molecule has 17 heavy (non-hydrogen) atoms. The van der Waals surface area contributed by atoms with E-state index in [0.29, 0.717) is 0 Å². The van der Waals surface area contributed by atoms with Gasteiger partial charge in [0.15, 0.2) is 0 Å². The third kappa shape index (κ3) is 2.68. The number of benzene rings is 1. The summed E-state index contributed by atoms with van der Waals surface area (Å²) < 4.78 is 26.0. The van der Waals surface area contributed by atoms with E-state index in [1.54, 1.807) is 24.3 Å². The minimum absolute atomic E-state index is 0.212. The van der Waals surface area contributed by atoms with Crippen LogP contribution in [0.25, 0.3) is 0 Å². The van der Waals surface area contributed by atoms with E-state index in [4.69, 9.17) is 4.84 Å². The molecule has 92 valence electrons. The van der Waals surface area contributed by atoms with Gasteiger partial charge in [0.25, 0.3) is 0 Å². The Morgan fingerprint density at radius 3 is 2.47 bits per heavy atom. The highest BCUT2D eigenvalue weighted by Gasteiger charge is 2.18. The van der Waals surface area contributed by atoms with Crippen molar-refractivity contribution >= 4 is 26.0 Å². The molecule has 0 fully saturated rings. The second-order valence-corrected chi connectivity index (χ2v) is 6.17. The second kappa shape index (κ2) is 4.77. The SMILES string of the molecule is CNS(=O)(=O)c1ccc([C@H]2C=C(Br)NO2)cc1. The third-order valence-electron chi connectivity index (χ3n) is 2.37. The number of sulfonamides is 1. The van der Waals surface area contributed by atoms with Crippen LogP contribution in [0.5, 0.6) is 0 Å². The first-order valence-electron chi connectivity index (χ1n) is 4.85. The number of hydrogen-bond acceptors (Lipinski definition) is 4. The maximum Gasteiger partial charge on any atom is 0.240 e. The van der Waals surface area contributed by atoms with Gasteiger partial charge in [0.1, 0.15) is 10.7 Å². The predicted octanol–water partition coefficient (Wildman–Crippen LogP) is 1.41. The van der Waals surface area contributed by atoms with Crippen LogP contribution in [0.3, 0.4) is 0 Å². The molecular weight excluding hydrogens is 308 g/mol. The van der Waals surface area contributed by atoms with E-state index in [1.807, 2.05) is 6.08 Å². The average Bonchev–Trinajstić information content (AvgIpc) is 2.76. The molecule has 2 N–H and O–H groups in total. The molecule has 0 radical (unpaired) electrons. The van der Waals surface area contributed by atoms with Crippen LogP contribution >= 0.6 is 15.9 Å². The number of halogens is 1. The van der Waals surface area contributed by atoms with Crippen LogP contribution in [0, 0.1) is 0 Å². The smallest absolute Gasteiger partial charge is 0.240 e. The van der Waals surface area contributed by atoms with E-state index in [0.717, 1.165) is 10.2 Å². The highest BCUT2D eigenvalue weighted by atomic mass is 79.9. The Labute approximate surface area is 108 Å². The lowest BCUT2D eigenvalue weighted by molar-refractivity contribution is 0.0457. The summed E-state index contributed by atoms with van der Waals surface area (Å²) in [6.45, 7) is 0. The molecule has 0 bridgehead atoms. The summed E-state index contributed by atoms with van der Waals surface area (Å²) in [7, 11) is -2.00. The Hall–Kier alpha value is -0.890. The molecule has 1 atom stereocenters. The molecule has 0 saturated carbocycles. The van der Waals surface area contributed by atoms with E-state index in [1.165, 1.54) is 7.05 Å². The minimum Gasteiger partial charge on any atom is -0.263 e. The van der Waals surface area contributed by atoms with Gasteiger partial charge in [0.05, 0.1) is 4.90 Å². The van der Waals surface area contributed by atoms with Gasteiger partial charge in [0, 0.05) is 0 Å². The van der Waals surface area contributed by atoms with Crippen LogP contribution < -0.4 is 10.2 Å². The zero-order valence-corrected chi connectivity index (χ0v) is 11.4. The fourth-order valence-electron chi connectivity index (χ4n) is 1.44. The summed E-state index contributed by atoms with van der Waals surface area (Å²) in [6, 6.07) is 6.53. The van der Waals surface area contributed by atoms with Crippen LogP contribution in [-0.2, 0) is 14.9 Å². The highest BCUT2D eigenvalue weighted by Crippen LogP contribution is 2.26. The number of hydroxylamine groups is 1. The lowest BCUT2D eigenvalue weighted by Crippen LogP contribution is -2.18. The van der Waals surface area contributed by atoms with Crippen LogP contribution in [0.1, 0.15) is 11.7 Å². The van der Waals surface area contributed by atoms with E-state index in [2.05, 4.69) is 26.1 Å². The number of rotatable bonds is 3. The van der Waals surface area contributed by atoms with Crippen molar-refractivity contribution < 1.29 is 13.3 Å². The Balaban J connectivity index is 2.25. The van der Waals surface area contributed by atoms with E-state index in [-0.39, 0.29) is 11.0 Å². The van der Waals surface area contributed by atoms with E-state index in [9.17, 15) is 8.42 Å². The first kappa shape index (κ1) is 12.6. The third-order valence-corrected chi connectivity index (χ3v) is 4.23. The molecule has 0 unspecified atom stereocenters. The Morgan fingerprint density at radius 2 is 2.00 bits per heavy atom. The molecule has 0 aliphatic carbocycles. The monoisotopic (exact) mass is 318 g/mol. The summed E-state index contributed by atoms with van der Waals surface area (Å²) in [5.41, 5.74) is 3.55. The normalized spacial score (nSPS) is 19.9. The molecular formula is C10H11BrN2O3S. The summed E-state index contributed by atoms with van der Waals surface area (Å²) in [6.07, 6.45) is 1.64. The molecule has 2 rings (SSSR count). The fourth-order valence-corrected chi connectivity index (χ4v) is 2.50. The topological polar surface area (TPSA) is 67.4 Å². The van der Waals surface area contributed by atoms with Crippen molar-refractivity contribution in [3.05, 3.63) is 40.5 Å². The van der Waals surface area contributed by atoms with Crippen molar-refractivity contribution in [2.24, 2.45) is 0 Å². The molecule has 1 aliphatic heterocycles. The van der Waals surface area contributed by atoms with Gasteiger partial charge in [-0.1, -0.05) is 12.1 Å². The Morgan fingerprint density at radius 1 is 1.35 bits per heavy atom. The summed E-state index contributed by atoms with van der Waals surface area (Å²) in [5, 5.41) is 0.